The van der Waals surface area contributed by atoms with E-state index in [1.807, 2.05) is 13.1 Å². The Morgan fingerprint density at radius 1 is 1.38 bits per heavy atom. The van der Waals surface area contributed by atoms with Gasteiger partial charge in [-0.05, 0) is 19.9 Å². The molecule has 0 aromatic heterocycles. The molecule has 1 aliphatic carbocycles. The summed E-state index contributed by atoms with van der Waals surface area (Å²) in [6.45, 7) is 0.467. The molecule has 0 saturated heterocycles. The summed E-state index contributed by atoms with van der Waals surface area (Å²) < 4.78 is 0. The highest BCUT2D eigenvalue weighted by molar-refractivity contribution is 5.77. The largest absolute Gasteiger partial charge is 0.355 e. The van der Waals surface area contributed by atoms with Gasteiger partial charge in [0.1, 0.15) is 0 Å². The third-order valence-corrected chi connectivity index (χ3v) is 3.40. The van der Waals surface area contributed by atoms with Crippen molar-refractivity contribution >= 4 is 5.91 Å². The molecule has 0 bridgehead atoms. The Hall–Kier alpha value is -1.08. The van der Waals surface area contributed by atoms with Crippen molar-refractivity contribution in [2.75, 3.05) is 13.6 Å². The Bertz CT molecular complexity index is 264. The molecular formula is C12H21N3O. The van der Waals surface area contributed by atoms with E-state index in [4.69, 9.17) is 5.26 Å². The fraction of sp³-hybridized carbons (Fsp3) is 0.833. The lowest BCUT2D eigenvalue weighted by molar-refractivity contribution is -0.122. The fourth-order valence-corrected chi connectivity index (χ4v) is 2.37. The second-order valence-electron chi connectivity index (χ2n) is 4.53. The van der Waals surface area contributed by atoms with Gasteiger partial charge in [0.15, 0.2) is 0 Å². The third-order valence-electron chi connectivity index (χ3n) is 3.40. The molecule has 16 heavy (non-hydrogen) atoms. The molecule has 1 aliphatic rings. The second kappa shape index (κ2) is 6.49. The quantitative estimate of drug-likeness (QED) is 0.691. The van der Waals surface area contributed by atoms with Crippen molar-refractivity contribution in [2.45, 2.75) is 50.5 Å². The highest BCUT2D eigenvalue weighted by Crippen LogP contribution is 2.30. The molecule has 0 aliphatic heterocycles. The Morgan fingerprint density at radius 3 is 2.62 bits per heavy atom. The van der Waals surface area contributed by atoms with Crippen LogP contribution in [0.1, 0.15) is 44.9 Å². The van der Waals surface area contributed by atoms with Crippen LogP contribution in [0.4, 0.5) is 0 Å². The summed E-state index contributed by atoms with van der Waals surface area (Å²) in [5.41, 5.74) is -0.00498. The first-order chi connectivity index (χ1) is 7.72. The molecule has 4 nitrogen and oxygen atoms in total. The van der Waals surface area contributed by atoms with Crippen molar-refractivity contribution < 1.29 is 4.79 Å². The second-order valence-corrected chi connectivity index (χ2v) is 4.53. The first kappa shape index (κ1) is 13.0. The van der Waals surface area contributed by atoms with Crippen molar-refractivity contribution in [3.63, 3.8) is 0 Å². The minimum absolute atomic E-state index is 0.00498. The standard InChI is InChI=1S/C12H21N3O/c1-14-12(6-3-2-4-7-12)10-11(16)15-9-5-8-13/h14H,2-7,9-10H2,1H3,(H,15,16). The van der Waals surface area contributed by atoms with Gasteiger partial charge in [0.2, 0.25) is 5.91 Å². The van der Waals surface area contributed by atoms with E-state index in [1.165, 1.54) is 19.3 Å². The molecule has 0 spiro atoms. The van der Waals surface area contributed by atoms with E-state index in [-0.39, 0.29) is 11.4 Å². The molecule has 2 N–H and O–H groups in total. The van der Waals surface area contributed by atoms with Crippen molar-refractivity contribution in [1.82, 2.24) is 10.6 Å². The van der Waals surface area contributed by atoms with Crippen LogP contribution in [0, 0.1) is 11.3 Å². The van der Waals surface area contributed by atoms with Crippen molar-refractivity contribution in [3.8, 4) is 6.07 Å². The summed E-state index contributed by atoms with van der Waals surface area (Å²) in [6.07, 6.45) is 6.76. The van der Waals surface area contributed by atoms with Gasteiger partial charge >= 0.3 is 0 Å². The predicted molar refractivity (Wildman–Crippen MR) is 62.7 cm³/mol. The van der Waals surface area contributed by atoms with Crippen LogP contribution >= 0.6 is 0 Å². The van der Waals surface area contributed by atoms with Crippen LogP contribution in [0.15, 0.2) is 0 Å². The number of carbonyl (C=O) groups is 1. The van der Waals surface area contributed by atoms with E-state index in [0.29, 0.717) is 19.4 Å². The Labute approximate surface area is 97.4 Å². The molecule has 1 fully saturated rings. The molecule has 0 atom stereocenters. The maximum absolute atomic E-state index is 11.7. The lowest BCUT2D eigenvalue weighted by atomic mass is 9.79. The maximum Gasteiger partial charge on any atom is 0.221 e. The number of hydrogen-bond acceptors (Lipinski definition) is 3. The highest BCUT2D eigenvalue weighted by atomic mass is 16.1. The predicted octanol–water partition coefficient (Wildman–Crippen LogP) is 1.33. The maximum atomic E-state index is 11.7. The zero-order valence-corrected chi connectivity index (χ0v) is 10.0. The van der Waals surface area contributed by atoms with Gasteiger partial charge in [-0.1, -0.05) is 19.3 Å². The SMILES string of the molecule is CNC1(CC(=O)NCCC#N)CCCCC1. The minimum atomic E-state index is -0.00498. The topological polar surface area (TPSA) is 64.9 Å². The summed E-state index contributed by atoms with van der Waals surface area (Å²) >= 11 is 0. The van der Waals surface area contributed by atoms with Crippen LogP contribution in [0.5, 0.6) is 0 Å². The average Bonchev–Trinajstić information content (AvgIpc) is 2.30. The average molecular weight is 223 g/mol. The van der Waals surface area contributed by atoms with E-state index in [1.54, 1.807) is 0 Å². The smallest absolute Gasteiger partial charge is 0.221 e. The lowest BCUT2D eigenvalue weighted by Gasteiger charge is -2.36. The minimum Gasteiger partial charge on any atom is -0.355 e. The molecule has 1 saturated carbocycles. The molecule has 0 unspecified atom stereocenters. The highest BCUT2D eigenvalue weighted by Gasteiger charge is 2.32. The van der Waals surface area contributed by atoms with Gasteiger partial charge in [0.25, 0.3) is 0 Å². The van der Waals surface area contributed by atoms with E-state index in [2.05, 4.69) is 10.6 Å². The molecule has 0 aromatic carbocycles. The number of amides is 1. The van der Waals surface area contributed by atoms with Crippen LogP contribution in [0.25, 0.3) is 0 Å². The van der Waals surface area contributed by atoms with Crippen molar-refractivity contribution in [1.29, 1.82) is 5.26 Å². The van der Waals surface area contributed by atoms with Crippen LogP contribution in [-0.4, -0.2) is 25.0 Å². The zero-order chi connectivity index (χ0) is 11.9. The molecular weight excluding hydrogens is 202 g/mol. The first-order valence-corrected chi connectivity index (χ1v) is 6.05. The summed E-state index contributed by atoms with van der Waals surface area (Å²) in [5, 5.41) is 14.5. The summed E-state index contributed by atoms with van der Waals surface area (Å²) in [4.78, 5) is 11.7. The molecule has 0 aromatic rings. The van der Waals surface area contributed by atoms with Crippen molar-refractivity contribution in [3.05, 3.63) is 0 Å². The molecule has 1 rings (SSSR count). The van der Waals surface area contributed by atoms with Gasteiger partial charge < -0.3 is 10.6 Å². The number of rotatable bonds is 5. The van der Waals surface area contributed by atoms with Gasteiger partial charge in [-0.25, -0.2) is 0 Å². The van der Waals surface area contributed by atoms with Crippen LogP contribution in [-0.2, 0) is 4.79 Å². The fourth-order valence-electron chi connectivity index (χ4n) is 2.37. The number of carbonyl (C=O) groups excluding carboxylic acids is 1. The number of hydrogen-bond donors (Lipinski definition) is 2. The van der Waals surface area contributed by atoms with E-state index in [9.17, 15) is 4.79 Å². The normalized spacial score (nSPS) is 18.8. The molecule has 90 valence electrons. The molecule has 4 heteroatoms. The zero-order valence-electron chi connectivity index (χ0n) is 10.0. The Morgan fingerprint density at radius 2 is 2.06 bits per heavy atom. The van der Waals surface area contributed by atoms with E-state index < -0.39 is 0 Å². The summed E-state index contributed by atoms with van der Waals surface area (Å²) in [5.74, 6) is 0.0616. The lowest BCUT2D eigenvalue weighted by Crippen LogP contribution is -2.48. The van der Waals surface area contributed by atoms with Crippen LogP contribution in [0.3, 0.4) is 0 Å². The van der Waals surface area contributed by atoms with Gasteiger partial charge in [-0.3, -0.25) is 4.79 Å². The third kappa shape index (κ3) is 3.82. The van der Waals surface area contributed by atoms with Gasteiger partial charge in [0, 0.05) is 18.5 Å². The monoisotopic (exact) mass is 223 g/mol. The van der Waals surface area contributed by atoms with Crippen molar-refractivity contribution in [2.24, 2.45) is 0 Å². The number of nitrogens with one attached hydrogen (secondary N) is 2. The van der Waals surface area contributed by atoms with Gasteiger partial charge in [-0.2, -0.15) is 5.26 Å². The Kier molecular flexibility index (Phi) is 5.27. The number of nitriles is 1. The summed E-state index contributed by atoms with van der Waals surface area (Å²) in [6, 6.07) is 2.02. The molecule has 0 radical (unpaired) electrons. The van der Waals surface area contributed by atoms with Gasteiger partial charge in [-0.15, -0.1) is 0 Å². The van der Waals surface area contributed by atoms with E-state index in [0.717, 1.165) is 12.8 Å². The molecule has 1 amide bonds. The van der Waals surface area contributed by atoms with Crippen LogP contribution < -0.4 is 10.6 Å². The Balaban J connectivity index is 2.37. The first-order valence-electron chi connectivity index (χ1n) is 6.05. The number of nitrogens with zero attached hydrogens (tertiary/aromatic N) is 1. The van der Waals surface area contributed by atoms with Crippen LogP contribution in [0.2, 0.25) is 0 Å². The van der Waals surface area contributed by atoms with Gasteiger partial charge in [0.05, 0.1) is 12.5 Å². The van der Waals surface area contributed by atoms with E-state index >= 15 is 0 Å². The molecule has 0 heterocycles. The summed E-state index contributed by atoms with van der Waals surface area (Å²) in [7, 11) is 1.94.